The van der Waals surface area contributed by atoms with Crippen molar-refractivity contribution in [2.24, 2.45) is 5.41 Å². The summed E-state index contributed by atoms with van der Waals surface area (Å²) in [7, 11) is 0. The van der Waals surface area contributed by atoms with Gasteiger partial charge in [0.15, 0.2) is 5.78 Å². The van der Waals surface area contributed by atoms with E-state index in [1.807, 2.05) is 0 Å². The molecule has 0 fully saturated rings. The Hall–Kier alpha value is -1.07. The Labute approximate surface area is 120 Å². The van der Waals surface area contributed by atoms with E-state index in [4.69, 9.17) is 5.11 Å². The van der Waals surface area contributed by atoms with Crippen LogP contribution in [0, 0.1) is 5.41 Å². The monoisotopic (exact) mass is 286 g/mol. The highest BCUT2D eigenvalue weighted by Crippen LogP contribution is 2.21. The lowest BCUT2D eigenvalue weighted by Crippen LogP contribution is -2.39. The van der Waals surface area contributed by atoms with Crippen LogP contribution in [0.4, 0.5) is 0 Å². The topological polar surface area (TPSA) is 91.7 Å². The molecule has 0 saturated carbocycles. The minimum absolute atomic E-state index is 0.0370. The van der Waals surface area contributed by atoms with Crippen LogP contribution < -0.4 is 0 Å². The van der Waals surface area contributed by atoms with E-state index in [1.165, 1.54) is 6.92 Å². The van der Waals surface area contributed by atoms with Crippen LogP contribution in [0.3, 0.4) is 0 Å². The summed E-state index contributed by atoms with van der Waals surface area (Å²) < 4.78 is 0. The van der Waals surface area contributed by atoms with Gasteiger partial charge in [0.1, 0.15) is 17.7 Å². The van der Waals surface area contributed by atoms with Crippen LogP contribution >= 0.6 is 0 Å². The Morgan fingerprint density at radius 2 is 1.50 bits per heavy atom. The molecule has 0 heterocycles. The van der Waals surface area contributed by atoms with Crippen LogP contribution in [0.15, 0.2) is 0 Å². The molecular weight excluding hydrogens is 260 g/mol. The fraction of sp³-hybridized carbons (Fsp3) is 0.800. The van der Waals surface area contributed by atoms with E-state index in [2.05, 4.69) is 0 Å². The highest BCUT2D eigenvalue weighted by atomic mass is 16.3. The smallest absolute Gasteiger partial charge is 0.161 e. The normalized spacial score (nSPS) is 13.1. The van der Waals surface area contributed by atoms with Crippen molar-refractivity contribution in [3.8, 4) is 0 Å². The number of aliphatic hydroxyl groups is 2. The molecule has 0 amide bonds. The van der Waals surface area contributed by atoms with Gasteiger partial charge in [-0.3, -0.25) is 9.59 Å². The molecule has 5 nitrogen and oxygen atoms in total. The molecule has 0 spiro atoms. The molecule has 0 aromatic rings. The molecule has 20 heavy (non-hydrogen) atoms. The molecule has 0 radical (unpaired) electrons. The van der Waals surface area contributed by atoms with Gasteiger partial charge in [0.05, 0.1) is 6.61 Å². The molecular formula is C15H26O5. The van der Waals surface area contributed by atoms with Crippen molar-refractivity contribution in [2.75, 3.05) is 6.61 Å². The lowest BCUT2D eigenvalue weighted by Gasteiger charge is -2.26. The largest absolute Gasteiger partial charge is 0.396 e. The Kier molecular flexibility index (Phi) is 8.49. The summed E-state index contributed by atoms with van der Waals surface area (Å²) in [6.45, 7) is 4.45. The summed E-state index contributed by atoms with van der Waals surface area (Å²) >= 11 is 0. The Morgan fingerprint density at radius 1 is 1.00 bits per heavy atom. The van der Waals surface area contributed by atoms with Gasteiger partial charge < -0.3 is 15.0 Å². The predicted molar refractivity (Wildman–Crippen MR) is 75.3 cm³/mol. The van der Waals surface area contributed by atoms with E-state index in [9.17, 15) is 19.5 Å². The van der Waals surface area contributed by atoms with E-state index in [0.29, 0.717) is 25.7 Å². The van der Waals surface area contributed by atoms with Gasteiger partial charge in [-0.15, -0.1) is 0 Å². The molecule has 0 saturated heterocycles. The Morgan fingerprint density at radius 3 is 1.95 bits per heavy atom. The van der Waals surface area contributed by atoms with Crippen molar-refractivity contribution in [1.29, 1.82) is 0 Å². The molecule has 0 unspecified atom stereocenters. The number of carbonyl (C=O) groups excluding carboxylic acids is 3. The maximum Gasteiger partial charge on any atom is 0.161 e. The van der Waals surface area contributed by atoms with E-state index in [-0.39, 0.29) is 36.8 Å². The summed E-state index contributed by atoms with van der Waals surface area (Å²) in [4.78, 5) is 33.9. The van der Waals surface area contributed by atoms with Gasteiger partial charge in [-0.05, 0) is 19.8 Å². The van der Waals surface area contributed by atoms with Gasteiger partial charge >= 0.3 is 0 Å². The number of carbonyl (C=O) groups is 3. The van der Waals surface area contributed by atoms with Gasteiger partial charge in [-0.1, -0.05) is 13.8 Å². The molecule has 116 valence electrons. The number of rotatable bonds is 11. The minimum atomic E-state index is -1.21. The van der Waals surface area contributed by atoms with Crippen LogP contribution in [0.5, 0.6) is 0 Å². The van der Waals surface area contributed by atoms with Crippen molar-refractivity contribution >= 4 is 17.3 Å². The summed E-state index contributed by atoms with van der Waals surface area (Å²) in [6, 6.07) is 0. The van der Waals surface area contributed by atoms with Gasteiger partial charge in [-0.25, -0.2) is 0 Å². The van der Waals surface area contributed by atoms with Crippen LogP contribution in [-0.2, 0) is 14.4 Å². The molecule has 0 bridgehead atoms. The van der Waals surface area contributed by atoms with Crippen molar-refractivity contribution in [3.05, 3.63) is 0 Å². The zero-order valence-corrected chi connectivity index (χ0v) is 12.6. The molecule has 0 aliphatic carbocycles. The highest BCUT2D eigenvalue weighted by Gasteiger charge is 2.32. The van der Waals surface area contributed by atoms with Gasteiger partial charge in [0.25, 0.3) is 0 Å². The van der Waals surface area contributed by atoms with Gasteiger partial charge in [-0.2, -0.15) is 0 Å². The van der Waals surface area contributed by atoms with Crippen molar-refractivity contribution in [2.45, 2.75) is 65.4 Å². The third-order valence-electron chi connectivity index (χ3n) is 3.32. The second-order valence-electron chi connectivity index (χ2n) is 5.96. The quantitative estimate of drug-likeness (QED) is 0.599. The first-order chi connectivity index (χ1) is 9.20. The second-order valence-corrected chi connectivity index (χ2v) is 5.96. The number of aliphatic hydroxyl groups excluding tert-OH is 2. The molecule has 1 atom stereocenters. The zero-order chi connectivity index (χ0) is 15.8. The molecule has 0 aromatic carbocycles. The molecule has 0 aromatic heterocycles. The third-order valence-corrected chi connectivity index (χ3v) is 3.32. The number of hydrogen-bond donors (Lipinski definition) is 2. The van der Waals surface area contributed by atoms with Crippen LogP contribution in [0.1, 0.15) is 59.3 Å². The number of ketones is 3. The van der Waals surface area contributed by atoms with Crippen LogP contribution in [-0.4, -0.2) is 40.3 Å². The average molecular weight is 286 g/mol. The molecule has 5 heteroatoms. The molecule has 0 aliphatic rings. The van der Waals surface area contributed by atoms with Gasteiger partial charge in [0.2, 0.25) is 0 Å². The summed E-state index contributed by atoms with van der Waals surface area (Å²) in [6.07, 6.45) is 0.935. The second kappa shape index (κ2) is 8.97. The molecule has 0 rings (SSSR count). The molecule has 0 aliphatic heterocycles. The Bertz CT molecular complexity index is 346. The maximum absolute atomic E-state index is 11.7. The van der Waals surface area contributed by atoms with Crippen molar-refractivity contribution in [1.82, 2.24) is 0 Å². The first-order valence-corrected chi connectivity index (χ1v) is 7.03. The summed E-state index contributed by atoms with van der Waals surface area (Å²) in [5, 5.41) is 18.9. The van der Waals surface area contributed by atoms with E-state index in [0.717, 1.165) is 0 Å². The maximum atomic E-state index is 11.7. The highest BCUT2D eigenvalue weighted by molar-refractivity contribution is 5.85. The average Bonchev–Trinajstić information content (AvgIpc) is 2.37. The predicted octanol–water partition coefficient (Wildman–Crippen LogP) is 1.43. The number of hydrogen-bond acceptors (Lipinski definition) is 5. The SMILES string of the molecule is CC(=O)CCCC(=O)CCCC(=O)[C@H](O)C(C)(C)CO. The van der Waals surface area contributed by atoms with Crippen molar-refractivity contribution < 1.29 is 24.6 Å². The first kappa shape index (κ1) is 18.9. The Balaban J connectivity index is 3.92. The fourth-order valence-electron chi connectivity index (χ4n) is 1.78. The van der Waals surface area contributed by atoms with Gasteiger partial charge in [0, 0.05) is 31.1 Å². The standard InChI is InChI=1S/C15H26O5/c1-11(17)6-4-7-12(18)8-5-9-13(19)14(20)15(2,3)10-16/h14,16,20H,4-10H2,1-3H3/t14-/m0/s1. The fourth-order valence-corrected chi connectivity index (χ4v) is 1.78. The van der Waals surface area contributed by atoms with E-state index < -0.39 is 11.5 Å². The number of Topliss-reactive ketones (excluding diaryl/α,β-unsaturated/α-hetero) is 3. The lowest BCUT2D eigenvalue weighted by molar-refractivity contribution is -0.135. The van der Waals surface area contributed by atoms with Crippen LogP contribution in [0.25, 0.3) is 0 Å². The summed E-state index contributed by atoms with van der Waals surface area (Å²) in [5.41, 5.74) is -0.859. The first-order valence-electron chi connectivity index (χ1n) is 7.03. The van der Waals surface area contributed by atoms with Crippen molar-refractivity contribution in [3.63, 3.8) is 0 Å². The lowest BCUT2D eigenvalue weighted by atomic mass is 9.84. The third kappa shape index (κ3) is 7.50. The summed E-state index contributed by atoms with van der Waals surface area (Å²) in [5.74, 6) is -0.238. The van der Waals surface area contributed by atoms with Crippen LogP contribution in [0.2, 0.25) is 0 Å². The van der Waals surface area contributed by atoms with E-state index >= 15 is 0 Å². The van der Waals surface area contributed by atoms with E-state index in [1.54, 1.807) is 13.8 Å². The zero-order valence-electron chi connectivity index (χ0n) is 12.6. The minimum Gasteiger partial charge on any atom is -0.396 e. The molecule has 2 N–H and O–H groups in total.